The van der Waals surface area contributed by atoms with Gasteiger partial charge in [0.15, 0.2) is 0 Å². The van der Waals surface area contributed by atoms with Crippen molar-refractivity contribution in [2.45, 2.75) is 75.0 Å². The van der Waals surface area contributed by atoms with Gasteiger partial charge in [0.2, 0.25) is 10.0 Å². The summed E-state index contributed by atoms with van der Waals surface area (Å²) in [5.41, 5.74) is 5.47. The monoisotopic (exact) mass is 506 g/mol. The Morgan fingerprint density at radius 2 is 1.11 bits per heavy atom. The Morgan fingerprint density at radius 1 is 0.722 bits per heavy atom. The van der Waals surface area contributed by atoms with E-state index in [0.29, 0.717) is 0 Å². The molecule has 0 amide bonds. The van der Waals surface area contributed by atoms with Crippen molar-refractivity contribution in [3.63, 3.8) is 0 Å². The van der Waals surface area contributed by atoms with Crippen LogP contribution in [0.3, 0.4) is 0 Å². The third-order valence-corrected chi connectivity index (χ3v) is 10.5. The Kier molecular flexibility index (Phi) is 5.42. The van der Waals surface area contributed by atoms with E-state index in [1.807, 2.05) is 12.1 Å². The maximum atomic E-state index is 9.29. The van der Waals surface area contributed by atoms with Crippen molar-refractivity contribution in [1.29, 1.82) is 10.5 Å². The number of hydrogen-bond donors (Lipinski definition) is 0. The summed E-state index contributed by atoms with van der Waals surface area (Å²) in [4.78, 5) is 18.0. The number of nitrogens with zero attached hydrogens (tertiary/aromatic N) is 6. The number of amidine groups is 2. The van der Waals surface area contributed by atoms with E-state index in [9.17, 15) is 10.5 Å². The molecule has 36 heavy (non-hydrogen) atoms. The molecule has 0 saturated heterocycles. The highest BCUT2D eigenvalue weighted by Crippen LogP contribution is 2.72. The molecule has 0 atom stereocenters. The van der Waals surface area contributed by atoms with Gasteiger partial charge >= 0.3 is 11.7 Å². The van der Waals surface area contributed by atoms with E-state index in [0.717, 1.165) is 35.7 Å². The first-order valence-corrected chi connectivity index (χ1v) is 14.0. The molecule has 8 heteroatoms. The molecule has 2 aromatic heterocycles. The fourth-order valence-corrected chi connectivity index (χ4v) is 9.63. The molecule has 6 rings (SSSR count). The van der Waals surface area contributed by atoms with Gasteiger partial charge in [0, 0.05) is 32.7 Å². The maximum Gasteiger partial charge on any atom is 0.350 e. The largest absolute Gasteiger partial charge is 0.351 e. The molecule has 2 heterocycles. The zero-order chi connectivity index (χ0) is 24.9. The fourth-order valence-electron chi connectivity index (χ4n) is 7.07. The minimum absolute atomic E-state index is 0.0719. The molecular formula is C28H22N6S2. The smallest absolute Gasteiger partial charge is 0.350 e. The van der Waals surface area contributed by atoms with Crippen LogP contribution in [-0.2, 0) is 10.8 Å². The van der Waals surface area contributed by atoms with Crippen molar-refractivity contribution in [2.24, 2.45) is 9.98 Å². The molecule has 0 radical (unpaired) electrons. The predicted octanol–water partition coefficient (Wildman–Crippen LogP) is 8.10. The summed E-state index contributed by atoms with van der Waals surface area (Å²) in [6.45, 7) is 14.5. The van der Waals surface area contributed by atoms with E-state index in [4.69, 9.17) is 13.1 Å². The summed E-state index contributed by atoms with van der Waals surface area (Å²) in [5.74, 6) is -0.231. The molecule has 0 aromatic carbocycles. The topological polar surface area (TPSA) is 81.0 Å². The van der Waals surface area contributed by atoms with E-state index in [2.05, 4.69) is 31.8 Å². The van der Waals surface area contributed by atoms with Crippen molar-refractivity contribution >= 4 is 55.5 Å². The minimum Gasteiger partial charge on any atom is -0.351 e. The molecule has 2 saturated carbocycles. The molecule has 4 aliphatic rings. The van der Waals surface area contributed by atoms with E-state index >= 15 is 0 Å². The van der Waals surface area contributed by atoms with E-state index in [1.54, 1.807) is 22.7 Å². The molecule has 2 aromatic rings. The molecule has 0 N–H and O–H groups in total. The van der Waals surface area contributed by atoms with E-state index in [1.165, 1.54) is 70.6 Å². The normalized spacial score (nSPS) is 21.3. The Labute approximate surface area is 218 Å². The summed E-state index contributed by atoms with van der Waals surface area (Å²) >= 11 is 3.29. The van der Waals surface area contributed by atoms with Crippen LogP contribution in [0.5, 0.6) is 0 Å². The molecule has 2 spiro atoms. The predicted molar refractivity (Wildman–Crippen MR) is 144 cm³/mol. The summed E-state index contributed by atoms with van der Waals surface area (Å²) in [6, 6.07) is 8.14. The van der Waals surface area contributed by atoms with E-state index < -0.39 is 0 Å². The average molecular weight is 507 g/mol. The first-order chi connectivity index (χ1) is 17.6. The number of allylic oxidation sites excluding steroid dienone is 2. The van der Waals surface area contributed by atoms with Crippen LogP contribution in [0.25, 0.3) is 20.8 Å². The van der Waals surface area contributed by atoms with Crippen molar-refractivity contribution in [3.05, 3.63) is 55.8 Å². The average Bonchev–Trinajstić information content (AvgIpc) is 3.63. The Bertz CT molecular complexity index is 1390. The third-order valence-electron chi connectivity index (χ3n) is 8.39. The summed E-state index contributed by atoms with van der Waals surface area (Å²) in [6.07, 6.45) is 11.5. The van der Waals surface area contributed by atoms with Gasteiger partial charge in [-0.25, -0.2) is 10.5 Å². The van der Waals surface area contributed by atoms with Crippen LogP contribution in [0.4, 0.5) is 10.0 Å². The zero-order valence-corrected chi connectivity index (χ0v) is 21.4. The lowest BCUT2D eigenvalue weighted by Gasteiger charge is -2.36. The van der Waals surface area contributed by atoms with E-state index in [-0.39, 0.29) is 22.5 Å². The van der Waals surface area contributed by atoms with Crippen molar-refractivity contribution in [2.75, 3.05) is 0 Å². The first kappa shape index (κ1) is 22.9. The van der Waals surface area contributed by atoms with Crippen LogP contribution >= 0.6 is 22.7 Å². The number of rotatable bonds is 2. The molecule has 0 unspecified atom stereocenters. The number of hydrogen-bond acceptors (Lipinski definition) is 6. The molecule has 0 bridgehead atoms. The number of aliphatic imine (C=N–C) groups is 2. The molecular weight excluding hydrogens is 484 g/mol. The second-order valence-corrected chi connectivity index (χ2v) is 12.1. The third kappa shape index (κ3) is 3.09. The SMILES string of the molecule is [C-]#[N+]/C(C#N)=N\c1cc2c(s1)C1=C(c3sc(/N=C(\C#N)[N+]#[C-])cc3C13CCCCC3)C21CCCCC1. The van der Waals surface area contributed by atoms with Gasteiger partial charge in [-0.15, -0.1) is 0 Å². The lowest BCUT2D eigenvalue weighted by atomic mass is 9.67. The van der Waals surface area contributed by atoms with Gasteiger partial charge in [0.05, 0.1) is 0 Å². The van der Waals surface area contributed by atoms with Gasteiger partial charge in [0.1, 0.15) is 12.1 Å². The second kappa shape index (κ2) is 8.53. The zero-order valence-electron chi connectivity index (χ0n) is 19.7. The van der Waals surface area contributed by atoms with Gasteiger partial charge in [-0.2, -0.15) is 0 Å². The molecule has 176 valence electrons. The Hall–Kier alpha value is -3.56. The standard InChI is InChI=1S/C28H22N6S2/c1-31-19(15-29)33-21-13-17-25(35-21)23-24(27(17)9-5-3-6-10-27)26-18(28(23)11-7-4-8-12-28)14-22(36-26)34-20(16-30)32-2/h13-14H,3-12H2/b33-19-,34-20+. The lowest BCUT2D eigenvalue weighted by molar-refractivity contribution is 0.373. The summed E-state index contributed by atoms with van der Waals surface area (Å²) in [5, 5.41) is 20.1. The van der Waals surface area contributed by atoms with Crippen molar-refractivity contribution < 1.29 is 0 Å². The second-order valence-electron chi connectivity index (χ2n) is 10.0. The van der Waals surface area contributed by atoms with Crippen molar-refractivity contribution in [1.82, 2.24) is 0 Å². The van der Waals surface area contributed by atoms with Crippen molar-refractivity contribution in [3.8, 4) is 12.1 Å². The molecule has 6 nitrogen and oxygen atoms in total. The van der Waals surface area contributed by atoms with Crippen LogP contribution in [-0.4, -0.2) is 11.7 Å². The number of nitriles is 2. The Balaban J connectivity index is 1.61. The Morgan fingerprint density at radius 3 is 1.44 bits per heavy atom. The van der Waals surface area contributed by atoms with Gasteiger partial charge in [-0.3, -0.25) is 0 Å². The molecule has 2 fully saturated rings. The lowest BCUT2D eigenvalue weighted by Crippen LogP contribution is -2.28. The minimum atomic E-state index is -0.115. The van der Waals surface area contributed by atoms with Crippen LogP contribution in [0.2, 0.25) is 0 Å². The first-order valence-electron chi connectivity index (χ1n) is 12.4. The highest BCUT2D eigenvalue weighted by Gasteiger charge is 2.58. The number of thiophene rings is 2. The van der Waals surface area contributed by atoms with Gasteiger partial charge in [-0.1, -0.05) is 84.3 Å². The summed E-state index contributed by atoms with van der Waals surface area (Å²) < 4.78 is 0. The highest BCUT2D eigenvalue weighted by molar-refractivity contribution is 7.18. The fraction of sp³-hybridized carbons (Fsp3) is 0.429. The highest BCUT2D eigenvalue weighted by atomic mass is 32.1. The van der Waals surface area contributed by atoms with Crippen LogP contribution < -0.4 is 0 Å². The van der Waals surface area contributed by atoms with Gasteiger partial charge < -0.3 is 9.69 Å². The van der Waals surface area contributed by atoms with Gasteiger partial charge in [-0.05, 0) is 48.0 Å². The maximum absolute atomic E-state index is 9.29. The van der Waals surface area contributed by atoms with Crippen LogP contribution in [0, 0.1) is 35.8 Å². The quantitative estimate of drug-likeness (QED) is 0.234. The summed E-state index contributed by atoms with van der Waals surface area (Å²) in [7, 11) is 0. The molecule has 0 aliphatic heterocycles. The van der Waals surface area contributed by atoms with Gasteiger partial charge in [0.25, 0.3) is 0 Å². The van der Waals surface area contributed by atoms with Crippen LogP contribution in [0.15, 0.2) is 22.1 Å². The molecule has 4 aliphatic carbocycles. The van der Waals surface area contributed by atoms with Crippen LogP contribution in [0.1, 0.15) is 85.1 Å². The number of fused-ring (bicyclic) bond motifs is 8.